The second-order valence-electron chi connectivity index (χ2n) is 6.63. The first kappa shape index (κ1) is 17.1. The lowest BCUT2D eigenvalue weighted by Gasteiger charge is -2.25. The van der Waals surface area contributed by atoms with Crippen molar-refractivity contribution in [2.45, 2.75) is 46.6 Å². The highest BCUT2D eigenvalue weighted by Crippen LogP contribution is 2.23. The summed E-state index contributed by atoms with van der Waals surface area (Å²) < 4.78 is 0. The number of piperidine rings is 1. The van der Waals surface area contributed by atoms with E-state index in [4.69, 9.17) is 0 Å². The number of carbonyl (C=O) groups is 1. The third-order valence-electron chi connectivity index (χ3n) is 4.48. The molecule has 0 unspecified atom stereocenters. The van der Waals surface area contributed by atoms with Crippen molar-refractivity contribution >= 4 is 22.9 Å². The van der Waals surface area contributed by atoms with Gasteiger partial charge in [-0.25, -0.2) is 4.98 Å². The molecule has 1 saturated heterocycles. The third-order valence-corrected chi connectivity index (χ3v) is 5.63. The SMILES string of the molecule is Cc1ccc(NC(=O)c2sc(CN3CCCCC3)nc2C)c(C)c1. The second kappa shape index (κ2) is 7.45. The molecule has 0 saturated carbocycles. The van der Waals surface area contributed by atoms with Gasteiger partial charge in [-0.15, -0.1) is 11.3 Å². The molecular formula is C19H25N3OS. The molecule has 0 aliphatic carbocycles. The summed E-state index contributed by atoms with van der Waals surface area (Å²) in [5.41, 5.74) is 3.98. The second-order valence-corrected chi connectivity index (χ2v) is 7.72. The Morgan fingerprint density at radius 2 is 1.96 bits per heavy atom. The minimum Gasteiger partial charge on any atom is -0.321 e. The highest BCUT2D eigenvalue weighted by molar-refractivity contribution is 7.13. The first-order valence-electron chi connectivity index (χ1n) is 8.60. The molecule has 2 heterocycles. The topological polar surface area (TPSA) is 45.2 Å². The molecule has 1 aliphatic heterocycles. The summed E-state index contributed by atoms with van der Waals surface area (Å²) in [6.07, 6.45) is 3.87. The largest absolute Gasteiger partial charge is 0.321 e. The minimum absolute atomic E-state index is 0.0538. The molecular weight excluding hydrogens is 318 g/mol. The zero-order valence-electron chi connectivity index (χ0n) is 14.7. The highest BCUT2D eigenvalue weighted by Gasteiger charge is 2.18. The molecule has 2 aromatic rings. The van der Waals surface area contributed by atoms with Crippen LogP contribution in [0.5, 0.6) is 0 Å². The van der Waals surface area contributed by atoms with Crippen molar-refractivity contribution in [3.05, 3.63) is 44.9 Å². The minimum atomic E-state index is -0.0538. The Kier molecular flexibility index (Phi) is 5.31. The molecule has 1 amide bonds. The maximum absolute atomic E-state index is 12.6. The van der Waals surface area contributed by atoms with Crippen LogP contribution in [0.25, 0.3) is 0 Å². The number of aryl methyl sites for hydroxylation is 3. The van der Waals surface area contributed by atoms with E-state index in [2.05, 4.69) is 28.2 Å². The van der Waals surface area contributed by atoms with E-state index in [0.29, 0.717) is 0 Å². The van der Waals surface area contributed by atoms with Crippen LogP contribution in [0.15, 0.2) is 18.2 Å². The zero-order valence-corrected chi connectivity index (χ0v) is 15.5. The first-order chi connectivity index (χ1) is 11.5. The van der Waals surface area contributed by atoms with Crippen LogP contribution in [0.1, 0.15) is 50.8 Å². The average Bonchev–Trinajstić information content (AvgIpc) is 2.91. The van der Waals surface area contributed by atoms with Gasteiger partial charge in [0.1, 0.15) is 9.88 Å². The molecule has 0 spiro atoms. The van der Waals surface area contributed by atoms with Crippen molar-refractivity contribution < 1.29 is 4.79 Å². The van der Waals surface area contributed by atoms with E-state index >= 15 is 0 Å². The average molecular weight is 343 g/mol. The van der Waals surface area contributed by atoms with Crippen LogP contribution in [0, 0.1) is 20.8 Å². The normalized spacial score (nSPS) is 15.5. The molecule has 24 heavy (non-hydrogen) atoms. The van der Waals surface area contributed by atoms with Gasteiger partial charge in [-0.1, -0.05) is 24.1 Å². The molecule has 128 valence electrons. The van der Waals surface area contributed by atoms with Gasteiger partial charge in [-0.05, 0) is 58.3 Å². The van der Waals surface area contributed by atoms with Crippen molar-refractivity contribution in [2.24, 2.45) is 0 Å². The van der Waals surface area contributed by atoms with E-state index in [1.165, 1.54) is 36.2 Å². The van der Waals surface area contributed by atoms with Crippen LogP contribution >= 0.6 is 11.3 Å². The van der Waals surface area contributed by atoms with E-state index in [1.54, 1.807) is 0 Å². The third kappa shape index (κ3) is 4.02. The van der Waals surface area contributed by atoms with Crippen molar-refractivity contribution in [2.75, 3.05) is 18.4 Å². The Morgan fingerprint density at radius 1 is 1.21 bits per heavy atom. The predicted octanol–water partition coefficient (Wildman–Crippen LogP) is 4.31. The van der Waals surface area contributed by atoms with Gasteiger partial charge in [0.15, 0.2) is 0 Å². The van der Waals surface area contributed by atoms with Crippen molar-refractivity contribution in [3.8, 4) is 0 Å². The van der Waals surface area contributed by atoms with Crippen LogP contribution in [-0.4, -0.2) is 28.9 Å². The predicted molar refractivity (Wildman–Crippen MR) is 99.8 cm³/mol. The van der Waals surface area contributed by atoms with Gasteiger partial charge in [0, 0.05) is 5.69 Å². The van der Waals surface area contributed by atoms with Gasteiger partial charge < -0.3 is 5.32 Å². The number of nitrogens with zero attached hydrogens (tertiary/aromatic N) is 2. The number of aromatic nitrogens is 1. The van der Waals surface area contributed by atoms with E-state index < -0.39 is 0 Å². The summed E-state index contributed by atoms with van der Waals surface area (Å²) in [5.74, 6) is -0.0538. The number of anilines is 1. The summed E-state index contributed by atoms with van der Waals surface area (Å²) in [6, 6.07) is 6.06. The Labute approximate surface area is 147 Å². The maximum Gasteiger partial charge on any atom is 0.267 e. The van der Waals surface area contributed by atoms with Gasteiger partial charge in [0.25, 0.3) is 5.91 Å². The van der Waals surface area contributed by atoms with Gasteiger partial charge >= 0.3 is 0 Å². The number of carbonyl (C=O) groups excluding carboxylic acids is 1. The molecule has 1 aromatic carbocycles. The number of hydrogen-bond donors (Lipinski definition) is 1. The van der Waals surface area contributed by atoms with E-state index in [9.17, 15) is 4.79 Å². The lowest BCUT2D eigenvalue weighted by Crippen LogP contribution is -2.28. The molecule has 1 fully saturated rings. The standard InChI is InChI=1S/C19H25N3OS/c1-13-7-8-16(14(2)11-13)21-19(23)18-15(3)20-17(24-18)12-22-9-5-4-6-10-22/h7-8,11H,4-6,9-10,12H2,1-3H3,(H,21,23). The molecule has 5 heteroatoms. The fourth-order valence-corrected chi connectivity index (χ4v) is 4.17. The van der Waals surface area contributed by atoms with Crippen LogP contribution in [-0.2, 0) is 6.54 Å². The number of amides is 1. The molecule has 1 aliphatic rings. The zero-order chi connectivity index (χ0) is 17.1. The lowest BCUT2D eigenvalue weighted by molar-refractivity contribution is 0.102. The number of nitrogens with one attached hydrogen (secondary N) is 1. The Morgan fingerprint density at radius 3 is 2.67 bits per heavy atom. The summed E-state index contributed by atoms with van der Waals surface area (Å²) >= 11 is 1.52. The van der Waals surface area contributed by atoms with Gasteiger partial charge in [-0.2, -0.15) is 0 Å². The summed E-state index contributed by atoms with van der Waals surface area (Å²) in [6.45, 7) is 9.14. The van der Waals surface area contributed by atoms with E-state index in [0.717, 1.165) is 46.5 Å². The fraction of sp³-hybridized carbons (Fsp3) is 0.474. The van der Waals surface area contributed by atoms with Crippen LogP contribution in [0.2, 0.25) is 0 Å². The Balaban J connectivity index is 1.70. The number of rotatable bonds is 4. The van der Waals surface area contributed by atoms with E-state index in [-0.39, 0.29) is 5.91 Å². The fourth-order valence-electron chi connectivity index (χ4n) is 3.17. The number of benzene rings is 1. The Hall–Kier alpha value is -1.72. The summed E-state index contributed by atoms with van der Waals surface area (Å²) in [5, 5.41) is 4.07. The smallest absolute Gasteiger partial charge is 0.267 e. The van der Waals surface area contributed by atoms with Gasteiger partial charge in [-0.3, -0.25) is 9.69 Å². The van der Waals surface area contributed by atoms with Crippen LogP contribution in [0.3, 0.4) is 0 Å². The molecule has 3 rings (SSSR count). The molecule has 1 N–H and O–H groups in total. The molecule has 0 atom stereocenters. The van der Waals surface area contributed by atoms with Crippen molar-refractivity contribution in [3.63, 3.8) is 0 Å². The molecule has 1 aromatic heterocycles. The molecule has 0 radical (unpaired) electrons. The van der Waals surface area contributed by atoms with Crippen molar-refractivity contribution in [1.29, 1.82) is 0 Å². The van der Waals surface area contributed by atoms with Crippen LogP contribution in [0.4, 0.5) is 5.69 Å². The van der Waals surface area contributed by atoms with Gasteiger partial charge in [0.2, 0.25) is 0 Å². The van der Waals surface area contributed by atoms with E-state index in [1.807, 2.05) is 26.0 Å². The summed E-state index contributed by atoms with van der Waals surface area (Å²) in [4.78, 5) is 20.4. The summed E-state index contributed by atoms with van der Waals surface area (Å²) in [7, 11) is 0. The van der Waals surface area contributed by atoms with Crippen LogP contribution < -0.4 is 5.32 Å². The quantitative estimate of drug-likeness (QED) is 0.900. The highest BCUT2D eigenvalue weighted by atomic mass is 32.1. The number of thiazole rings is 1. The lowest BCUT2D eigenvalue weighted by atomic mass is 10.1. The number of likely N-dealkylation sites (tertiary alicyclic amines) is 1. The number of hydrogen-bond acceptors (Lipinski definition) is 4. The monoisotopic (exact) mass is 343 g/mol. The first-order valence-corrected chi connectivity index (χ1v) is 9.42. The van der Waals surface area contributed by atoms with Crippen molar-refractivity contribution in [1.82, 2.24) is 9.88 Å². The molecule has 4 nitrogen and oxygen atoms in total. The Bertz CT molecular complexity index is 732. The van der Waals surface area contributed by atoms with Gasteiger partial charge in [0.05, 0.1) is 12.2 Å². The molecule has 0 bridgehead atoms. The maximum atomic E-state index is 12.6.